The van der Waals surface area contributed by atoms with Gasteiger partial charge in [0.1, 0.15) is 5.54 Å². The van der Waals surface area contributed by atoms with E-state index in [-0.39, 0.29) is 5.69 Å². The maximum absolute atomic E-state index is 10.6. The summed E-state index contributed by atoms with van der Waals surface area (Å²) >= 11 is 1.66. The molecule has 0 aliphatic rings. The van der Waals surface area contributed by atoms with Crippen LogP contribution in [0.2, 0.25) is 0 Å². The van der Waals surface area contributed by atoms with E-state index in [1.807, 2.05) is 13.8 Å². The number of thioether (sulfide) groups is 1. The second kappa shape index (κ2) is 8.65. The molecule has 6 heteroatoms. The molecular formula is C15H21N3O2S. The molecule has 1 rings (SSSR count). The Kier molecular flexibility index (Phi) is 7.20. The molecule has 0 saturated heterocycles. The Morgan fingerprint density at radius 1 is 1.38 bits per heavy atom. The Balaban J connectivity index is 2.43. The van der Waals surface area contributed by atoms with Crippen LogP contribution in [0.3, 0.4) is 0 Å². The quantitative estimate of drug-likeness (QED) is 0.325. The van der Waals surface area contributed by atoms with Crippen LogP contribution < -0.4 is 5.32 Å². The average molecular weight is 307 g/mol. The number of nitrogens with zero attached hydrogens (tertiary/aromatic N) is 2. The predicted molar refractivity (Wildman–Crippen MR) is 85.4 cm³/mol. The minimum absolute atomic E-state index is 0.112. The van der Waals surface area contributed by atoms with Crippen LogP contribution in [0, 0.1) is 21.4 Å². The summed E-state index contributed by atoms with van der Waals surface area (Å²) in [5.74, 6) is 0.895. The van der Waals surface area contributed by atoms with Crippen molar-refractivity contribution in [3.05, 3.63) is 34.4 Å². The van der Waals surface area contributed by atoms with Gasteiger partial charge >= 0.3 is 0 Å². The number of hydrogen-bond acceptors (Lipinski definition) is 5. The number of hydrogen-bond donors (Lipinski definition) is 1. The van der Waals surface area contributed by atoms with Gasteiger partial charge in [-0.1, -0.05) is 13.8 Å². The zero-order valence-electron chi connectivity index (χ0n) is 12.5. The minimum Gasteiger partial charge on any atom is -0.300 e. The molecule has 1 aromatic rings. The Morgan fingerprint density at radius 2 is 2.05 bits per heavy atom. The molecule has 0 radical (unpaired) electrons. The molecule has 1 unspecified atom stereocenters. The van der Waals surface area contributed by atoms with E-state index in [0.717, 1.165) is 36.5 Å². The first kappa shape index (κ1) is 17.5. The Hall–Kier alpha value is -1.58. The number of nitro benzene ring substituents is 1. The number of benzene rings is 1. The van der Waals surface area contributed by atoms with Crippen molar-refractivity contribution in [3.63, 3.8) is 0 Å². The van der Waals surface area contributed by atoms with Crippen LogP contribution in [0.25, 0.3) is 0 Å². The van der Waals surface area contributed by atoms with Gasteiger partial charge in [-0.05, 0) is 43.7 Å². The standard InChI is InChI=1S/C15H21N3O2S/c1-3-15(12-16,17-4-2)10-5-11-21-14-8-6-13(7-9-14)18(19)20/h6-9,17H,3-5,10-11H2,1-2H3. The average Bonchev–Trinajstić information content (AvgIpc) is 2.51. The highest BCUT2D eigenvalue weighted by molar-refractivity contribution is 7.99. The van der Waals surface area contributed by atoms with Crippen LogP contribution in [-0.4, -0.2) is 22.8 Å². The highest BCUT2D eigenvalue weighted by atomic mass is 32.2. The predicted octanol–water partition coefficient (Wildman–Crippen LogP) is 3.75. The zero-order valence-corrected chi connectivity index (χ0v) is 13.3. The molecule has 0 aromatic heterocycles. The van der Waals surface area contributed by atoms with Crippen molar-refractivity contribution in [2.75, 3.05) is 12.3 Å². The Bertz CT molecular complexity index is 499. The first-order valence-corrected chi connectivity index (χ1v) is 8.09. The van der Waals surface area contributed by atoms with Crippen molar-refractivity contribution in [3.8, 4) is 6.07 Å². The first-order valence-electron chi connectivity index (χ1n) is 7.10. The van der Waals surface area contributed by atoms with Crippen molar-refractivity contribution in [2.45, 2.75) is 43.5 Å². The monoisotopic (exact) mass is 307 g/mol. The molecule has 1 aromatic carbocycles. The minimum atomic E-state index is -0.426. The number of nitro groups is 1. The van der Waals surface area contributed by atoms with Crippen LogP contribution in [0.5, 0.6) is 0 Å². The normalized spacial score (nSPS) is 13.4. The van der Waals surface area contributed by atoms with E-state index < -0.39 is 10.5 Å². The highest BCUT2D eigenvalue weighted by Crippen LogP contribution is 2.24. The second-order valence-electron chi connectivity index (χ2n) is 4.78. The molecule has 21 heavy (non-hydrogen) atoms. The number of nitrogens with one attached hydrogen (secondary N) is 1. The van der Waals surface area contributed by atoms with E-state index >= 15 is 0 Å². The lowest BCUT2D eigenvalue weighted by molar-refractivity contribution is -0.384. The largest absolute Gasteiger partial charge is 0.300 e. The van der Waals surface area contributed by atoms with Crippen LogP contribution in [-0.2, 0) is 0 Å². The fraction of sp³-hybridized carbons (Fsp3) is 0.533. The molecule has 0 amide bonds. The van der Waals surface area contributed by atoms with Gasteiger partial charge in [-0.15, -0.1) is 11.8 Å². The maximum Gasteiger partial charge on any atom is 0.269 e. The maximum atomic E-state index is 10.6. The van der Waals surface area contributed by atoms with E-state index in [4.69, 9.17) is 0 Å². The van der Waals surface area contributed by atoms with Gasteiger partial charge < -0.3 is 0 Å². The zero-order chi connectivity index (χ0) is 15.7. The summed E-state index contributed by atoms with van der Waals surface area (Å²) in [5, 5.41) is 23.2. The third-order valence-electron chi connectivity index (χ3n) is 3.40. The lowest BCUT2D eigenvalue weighted by Crippen LogP contribution is -2.43. The third kappa shape index (κ3) is 5.37. The molecule has 0 aliphatic carbocycles. The molecule has 1 atom stereocenters. The molecule has 0 spiro atoms. The van der Waals surface area contributed by atoms with Crippen molar-refractivity contribution >= 4 is 17.4 Å². The molecule has 0 heterocycles. The SMILES string of the molecule is CCNC(C#N)(CC)CCCSc1ccc([N+](=O)[O-])cc1. The molecule has 1 N–H and O–H groups in total. The van der Waals surface area contributed by atoms with E-state index in [0.29, 0.717) is 0 Å². The molecule has 0 bridgehead atoms. The van der Waals surface area contributed by atoms with Crippen molar-refractivity contribution in [2.24, 2.45) is 0 Å². The van der Waals surface area contributed by atoms with Crippen molar-refractivity contribution in [1.82, 2.24) is 5.32 Å². The fourth-order valence-corrected chi connectivity index (χ4v) is 2.98. The molecular weight excluding hydrogens is 286 g/mol. The molecule has 0 aliphatic heterocycles. The number of rotatable bonds is 9. The second-order valence-corrected chi connectivity index (χ2v) is 5.95. The molecule has 0 saturated carbocycles. The van der Waals surface area contributed by atoms with Crippen LogP contribution >= 0.6 is 11.8 Å². The van der Waals surface area contributed by atoms with Gasteiger partial charge in [-0.2, -0.15) is 5.26 Å². The number of nitriles is 1. The van der Waals surface area contributed by atoms with Gasteiger partial charge in [0, 0.05) is 17.0 Å². The molecule has 114 valence electrons. The highest BCUT2D eigenvalue weighted by Gasteiger charge is 2.25. The summed E-state index contributed by atoms with van der Waals surface area (Å²) in [5.41, 5.74) is -0.314. The third-order valence-corrected chi connectivity index (χ3v) is 4.50. The van der Waals surface area contributed by atoms with E-state index in [2.05, 4.69) is 11.4 Å². The van der Waals surface area contributed by atoms with E-state index in [1.165, 1.54) is 12.1 Å². The van der Waals surface area contributed by atoms with Crippen LogP contribution in [0.4, 0.5) is 5.69 Å². The van der Waals surface area contributed by atoms with Gasteiger partial charge in [0.05, 0.1) is 11.0 Å². The first-order chi connectivity index (χ1) is 10.1. The lowest BCUT2D eigenvalue weighted by Gasteiger charge is -2.25. The van der Waals surface area contributed by atoms with Gasteiger partial charge in [0.15, 0.2) is 0 Å². The smallest absolute Gasteiger partial charge is 0.269 e. The van der Waals surface area contributed by atoms with Gasteiger partial charge in [0.2, 0.25) is 0 Å². The topological polar surface area (TPSA) is 79.0 Å². The summed E-state index contributed by atoms with van der Waals surface area (Å²) in [4.78, 5) is 11.2. The van der Waals surface area contributed by atoms with E-state index in [1.54, 1.807) is 23.9 Å². The Labute approximate surface area is 129 Å². The summed E-state index contributed by atoms with van der Waals surface area (Å²) < 4.78 is 0. The van der Waals surface area contributed by atoms with Gasteiger partial charge in [0.25, 0.3) is 5.69 Å². The van der Waals surface area contributed by atoms with E-state index in [9.17, 15) is 15.4 Å². The molecule has 5 nitrogen and oxygen atoms in total. The fourth-order valence-electron chi connectivity index (χ4n) is 2.13. The summed E-state index contributed by atoms with van der Waals surface area (Å²) in [7, 11) is 0. The van der Waals surface area contributed by atoms with Crippen LogP contribution in [0.1, 0.15) is 33.1 Å². The van der Waals surface area contributed by atoms with Crippen LogP contribution in [0.15, 0.2) is 29.2 Å². The van der Waals surface area contributed by atoms with Gasteiger partial charge in [-0.3, -0.25) is 15.4 Å². The summed E-state index contributed by atoms with van der Waals surface area (Å²) in [6.45, 7) is 4.82. The summed E-state index contributed by atoms with van der Waals surface area (Å²) in [6.07, 6.45) is 2.53. The van der Waals surface area contributed by atoms with Crippen molar-refractivity contribution in [1.29, 1.82) is 5.26 Å². The summed E-state index contributed by atoms with van der Waals surface area (Å²) in [6, 6.07) is 8.97. The van der Waals surface area contributed by atoms with Crippen molar-refractivity contribution < 1.29 is 4.92 Å². The lowest BCUT2D eigenvalue weighted by atomic mass is 9.92. The Morgan fingerprint density at radius 3 is 2.52 bits per heavy atom. The molecule has 0 fully saturated rings. The van der Waals surface area contributed by atoms with Gasteiger partial charge in [-0.25, -0.2) is 0 Å². The number of non-ortho nitro benzene ring substituents is 1.